The molecule has 10 heteroatoms. The van der Waals surface area contributed by atoms with Crippen LogP contribution in [0.15, 0.2) is 55.0 Å². The third-order valence-electron chi connectivity index (χ3n) is 5.03. The van der Waals surface area contributed by atoms with Gasteiger partial charge in [0.2, 0.25) is 6.79 Å². The number of hydrogen-bond acceptors (Lipinski definition) is 8. The van der Waals surface area contributed by atoms with E-state index in [0.29, 0.717) is 35.9 Å². The van der Waals surface area contributed by atoms with Gasteiger partial charge in [0.05, 0.1) is 10.3 Å². The van der Waals surface area contributed by atoms with Crippen molar-refractivity contribution in [3.63, 3.8) is 0 Å². The van der Waals surface area contributed by atoms with Crippen LogP contribution < -0.4 is 4.74 Å². The quantitative estimate of drug-likeness (QED) is 0.257. The third-order valence-corrected chi connectivity index (χ3v) is 5.03. The minimum absolute atomic E-state index is 0.0938. The van der Waals surface area contributed by atoms with Crippen molar-refractivity contribution in [2.75, 3.05) is 13.3 Å². The van der Waals surface area contributed by atoms with Gasteiger partial charge >= 0.3 is 5.97 Å². The summed E-state index contributed by atoms with van der Waals surface area (Å²) in [6.45, 7) is 0.0504. The normalized spacial score (nSPS) is 15.6. The molecule has 10 nitrogen and oxygen atoms in total. The molecule has 0 bridgehead atoms. The fraction of sp³-hybridized carbons (Fsp3) is 0.238. The summed E-state index contributed by atoms with van der Waals surface area (Å²) in [7, 11) is 0. The highest BCUT2D eigenvalue weighted by molar-refractivity contribution is 5.97. The van der Waals surface area contributed by atoms with E-state index in [-0.39, 0.29) is 17.3 Å². The van der Waals surface area contributed by atoms with Crippen molar-refractivity contribution in [2.24, 2.45) is 0 Å². The zero-order chi connectivity index (χ0) is 21.8. The van der Waals surface area contributed by atoms with E-state index < -0.39 is 23.7 Å². The topological polar surface area (TPSA) is 125 Å². The van der Waals surface area contributed by atoms with Crippen LogP contribution in [0.4, 0.5) is 5.69 Å². The van der Waals surface area contributed by atoms with Gasteiger partial charge in [-0.15, -0.1) is 0 Å². The predicted octanol–water partition coefficient (Wildman–Crippen LogP) is 2.72. The lowest BCUT2D eigenvalue weighted by Gasteiger charge is -2.23. The summed E-state index contributed by atoms with van der Waals surface area (Å²) in [6.07, 6.45) is 5.72. The Morgan fingerprint density at radius 3 is 2.74 bits per heavy atom. The molecule has 1 aliphatic rings. The number of aromatic nitrogens is 2. The molecule has 1 aromatic carbocycles. The van der Waals surface area contributed by atoms with Crippen molar-refractivity contribution in [3.8, 4) is 5.75 Å². The minimum Gasteiger partial charge on any atom is -0.455 e. The zero-order valence-corrected chi connectivity index (χ0v) is 16.3. The molecule has 2 aromatic heterocycles. The van der Waals surface area contributed by atoms with Crippen molar-refractivity contribution in [1.29, 1.82) is 0 Å². The van der Waals surface area contributed by atoms with Gasteiger partial charge in [0, 0.05) is 36.8 Å². The monoisotopic (exact) mass is 422 g/mol. The number of carbonyl (C=O) groups excluding carboxylic acids is 2. The summed E-state index contributed by atoms with van der Waals surface area (Å²) in [5, 5.41) is 11.5. The summed E-state index contributed by atoms with van der Waals surface area (Å²) in [6, 6.07) is 8.38. The maximum absolute atomic E-state index is 12.7. The van der Waals surface area contributed by atoms with Crippen molar-refractivity contribution < 1.29 is 24.0 Å². The van der Waals surface area contributed by atoms with Crippen LogP contribution in [-0.4, -0.2) is 51.0 Å². The number of rotatable bonds is 6. The molecular formula is C21H18N4O6. The van der Waals surface area contributed by atoms with Gasteiger partial charge in [-0.2, -0.15) is 0 Å². The van der Waals surface area contributed by atoms with Crippen LogP contribution in [0.2, 0.25) is 0 Å². The summed E-state index contributed by atoms with van der Waals surface area (Å²) < 4.78 is 10.8. The lowest BCUT2D eigenvalue weighted by molar-refractivity contribution is -0.383. The first-order chi connectivity index (χ1) is 15.1. The summed E-state index contributed by atoms with van der Waals surface area (Å²) in [5.74, 6) is -0.572. The predicted molar refractivity (Wildman–Crippen MR) is 108 cm³/mol. The Morgan fingerprint density at radius 2 is 1.97 bits per heavy atom. The number of pyridine rings is 2. The first-order valence-corrected chi connectivity index (χ1v) is 9.59. The van der Waals surface area contributed by atoms with E-state index in [1.54, 1.807) is 24.3 Å². The zero-order valence-electron chi connectivity index (χ0n) is 16.3. The van der Waals surface area contributed by atoms with Gasteiger partial charge in [0.15, 0.2) is 0 Å². The number of non-ortho nitro benzene ring substituents is 1. The molecule has 0 N–H and O–H groups in total. The molecule has 158 valence electrons. The number of nitrogens with zero attached hydrogens (tertiary/aromatic N) is 4. The van der Waals surface area contributed by atoms with Crippen molar-refractivity contribution in [1.82, 2.24) is 14.9 Å². The number of nitro groups is 1. The second-order valence-electron chi connectivity index (χ2n) is 6.86. The molecule has 1 aliphatic heterocycles. The number of nitro benzene ring substituents is 1. The van der Waals surface area contributed by atoms with Gasteiger partial charge in [0.25, 0.3) is 11.6 Å². The Bertz CT molecular complexity index is 1140. The SMILES string of the molecule is O=C(OCOc1ccc([N+](=O)[O-])c2cccnc12)C1CCCN1C(=O)c1ccncc1. The number of ether oxygens (including phenoxy) is 2. The lowest BCUT2D eigenvalue weighted by Crippen LogP contribution is -2.41. The Hall–Kier alpha value is -4.08. The molecule has 1 saturated heterocycles. The Kier molecular flexibility index (Phi) is 5.69. The average Bonchev–Trinajstić information content (AvgIpc) is 3.29. The maximum Gasteiger partial charge on any atom is 0.331 e. The van der Waals surface area contributed by atoms with Crippen LogP contribution in [0, 0.1) is 10.1 Å². The van der Waals surface area contributed by atoms with Crippen molar-refractivity contribution in [3.05, 3.63) is 70.7 Å². The Balaban J connectivity index is 1.42. The number of esters is 1. The molecule has 0 saturated carbocycles. The van der Waals surface area contributed by atoms with Gasteiger partial charge in [-0.3, -0.25) is 24.9 Å². The largest absolute Gasteiger partial charge is 0.455 e. The molecular weight excluding hydrogens is 404 g/mol. The smallest absolute Gasteiger partial charge is 0.331 e. The van der Waals surface area contributed by atoms with Crippen LogP contribution in [0.1, 0.15) is 23.2 Å². The van der Waals surface area contributed by atoms with Gasteiger partial charge < -0.3 is 14.4 Å². The average molecular weight is 422 g/mol. The maximum atomic E-state index is 12.7. The van der Waals surface area contributed by atoms with E-state index in [0.717, 1.165) is 0 Å². The number of fused-ring (bicyclic) bond motifs is 1. The second-order valence-corrected chi connectivity index (χ2v) is 6.86. The molecule has 3 heterocycles. The van der Waals surface area contributed by atoms with Crippen LogP contribution >= 0.6 is 0 Å². The second kappa shape index (κ2) is 8.74. The fourth-order valence-corrected chi connectivity index (χ4v) is 3.57. The highest BCUT2D eigenvalue weighted by Crippen LogP contribution is 2.31. The Morgan fingerprint density at radius 1 is 1.16 bits per heavy atom. The molecule has 1 fully saturated rings. The van der Waals surface area contributed by atoms with Crippen LogP contribution in [0.3, 0.4) is 0 Å². The lowest BCUT2D eigenvalue weighted by atomic mass is 10.1. The molecule has 31 heavy (non-hydrogen) atoms. The molecule has 1 amide bonds. The molecule has 3 aromatic rings. The summed E-state index contributed by atoms with van der Waals surface area (Å²) in [4.78, 5) is 45.5. The number of carbonyl (C=O) groups is 2. The van der Waals surface area contributed by atoms with E-state index in [9.17, 15) is 19.7 Å². The Labute approximate surface area is 176 Å². The summed E-state index contributed by atoms with van der Waals surface area (Å²) in [5.41, 5.74) is 0.654. The van der Waals surface area contributed by atoms with E-state index in [1.807, 2.05) is 0 Å². The highest BCUT2D eigenvalue weighted by Gasteiger charge is 2.35. The van der Waals surface area contributed by atoms with Gasteiger partial charge in [-0.1, -0.05) is 0 Å². The number of benzene rings is 1. The van der Waals surface area contributed by atoms with E-state index >= 15 is 0 Å². The fourth-order valence-electron chi connectivity index (χ4n) is 3.57. The molecule has 1 atom stereocenters. The van der Waals surface area contributed by atoms with E-state index in [1.165, 1.54) is 35.6 Å². The number of amides is 1. The number of hydrogen-bond donors (Lipinski definition) is 0. The van der Waals surface area contributed by atoms with Crippen molar-refractivity contribution in [2.45, 2.75) is 18.9 Å². The first kappa shape index (κ1) is 20.2. The first-order valence-electron chi connectivity index (χ1n) is 9.59. The van der Waals surface area contributed by atoms with Gasteiger partial charge in [-0.05, 0) is 43.2 Å². The minimum atomic E-state index is -0.698. The van der Waals surface area contributed by atoms with Gasteiger partial charge in [-0.25, -0.2) is 4.79 Å². The third kappa shape index (κ3) is 4.13. The summed E-state index contributed by atoms with van der Waals surface area (Å²) >= 11 is 0. The van der Waals surface area contributed by atoms with Crippen molar-refractivity contribution >= 4 is 28.5 Å². The molecule has 1 unspecified atom stereocenters. The van der Waals surface area contributed by atoms with Crippen LogP contribution in [-0.2, 0) is 9.53 Å². The molecule has 0 aliphatic carbocycles. The molecule has 4 rings (SSSR count). The number of likely N-dealkylation sites (tertiary alicyclic amines) is 1. The van der Waals surface area contributed by atoms with E-state index in [2.05, 4.69) is 9.97 Å². The molecule has 0 radical (unpaired) electrons. The standard InChI is InChI=1S/C21H18N4O6/c26-20(14-7-10-22-11-8-14)24-12-2-4-17(24)21(27)31-13-30-18-6-5-16(25(28)29)15-3-1-9-23-19(15)18/h1,3,5-11,17H,2,4,12-13H2. The highest BCUT2D eigenvalue weighted by atomic mass is 16.7. The van der Waals surface area contributed by atoms with Crippen LogP contribution in [0.5, 0.6) is 5.75 Å². The van der Waals surface area contributed by atoms with Gasteiger partial charge in [0.1, 0.15) is 17.3 Å². The van der Waals surface area contributed by atoms with E-state index in [4.69, 9.17) is 9.47 Å². The molecule has 0 spiro atoms. The van der Waals surface area contributed by atoms with Crippen LogP contribution in [0.25, 0.3) is 10.9 Å².